The quantitative estimate of drug-likeness (QED) is 0.813. The number of aromatic nitrogens is 2. The molecular formula is C13H14ClN3O. The van der Waals surface area contributed by atoms with E-state index in [0.717, 1.165) is 11.1 Å². The van der Waals surface area contributed by atoms with Gasteiger partial charge in [-0.05, 0) is 17.2 Å². The minimum absolute atomic E-state index is 0.0605. The molecule has 1 aromatic heterocycles. The molecule has 0 atom stereocenters. The van der Waals surface area contributed by atoms with Gasteiger partial charge in [-0.15, -0.1) is 0 Å². The molecule has 94 valence electrons. The highest BCUT2D eigenvalue weighted by molar-refractivity contribution is 6.28. The van der Waals surface area contributed by atoms with Gasteiger partial charge in [0.1, 0.15) is 5.82 Å². The highest BCUT2D eigenvalue weighted by Crippen LogP contribution is 2.15. The first kappa shape index (κ1) is 12.8. The van der Waals surface area contributed by atoms with Gasteiger partial charge in [0.25, 0.3) is 0 Å². The van der Waals surface area contributed by atoms with Gasteiger partial charge in [0.05, 0.1) is 0 Å². The molecule has 5 heteroatoms. The van der Waals surface area contributed by atoms with Crippen LogP contribution in [0, 0.1) is 0 Å². The number of halogens is 1. The standard InChI is InChI=1S/C13H14ClN3O/c14-13-16-9-11(6-7-18)12(17-13)15-8-10-4-2-1-3-5-10/h1-5,9,18H,6-8H2,(H,15,16,17). The van der Waals surface area contributed by atoms with E-state index in [0.29, 0.717) is 18.8 Å². The second-order valence-electron chi connectivity index (χ2n) is 3.83. The van der Waals surface area contributed by atoms with Gasteiger partial charge in [-0.2, -0.15) is 0 Å². The van der Waals surface area contributed by atoms with Crippen molar-refractivity contribution in [3.05, 3.63) is 52.9 Å². The van der Waals surface area contributed by atoms with Crippen molar-refractivity contribution in [1.82, 2.24) is 9.97 Å². The summed E-state index contributed by atoms with van der Waals surface area (Å²) in [6, 6.07) is 10.0. The minimum atomic E-state index is 0.0605. The van der Waals surface area contributed by atoms with Gasteiger partial charge in [0, 0.05) is 31.3 Å². The molecule has 0 amide bonds. The molecule has 0 aliphatic carbocycles. The Morgan fingerprint density at radius 1 is 1.22 bits per heavy atom. The lowest BCUT2D eigenvalue weighted by Crippen LogP contribution is -2.06. The first-order chi connectivity index (χ1) is 8.79. The zero-order chi connectivity index (χ0) is 12.8. The summed E-state index contributed by atoms with van der Waals surface area (Å²) in [6.45, 7) is 0.720. The number of aliphatic hydroxyl groups excluding tert-OH is 1. The van der Waals surface area contributed by atoms with E-state index in [1.54, 1.807) is 6.20 Å². The molecule has 2 N–H and O–H groups in total. The number of rotatable bonds is 5. The van der Waals surface area contributed by atoms with Crippen LogP contribution >= 0.6 is 11.6 Å². The van der Waals surface area contributed by atoms with Crippen molar-refractivity contribution < 1.29 is 5.11 Å². The van der Waals surface area contributed by atoms with Crippen LogP contribution < -0.4 is 5.32 Å². The topological polar surface area (TPSA) is 58.0 Å². The predicted molar refractivity (Wildman–Crippen MR) is 71.6 cm³/mol. The molecule has 4 nitrogen and oxygen atoms in total. The molecule has 0 fully saturated rings. The summed E-state index contributed by atoms with van der Waals surface area (Å²) in [5, 5.41) is 12.4. The molecule has 0 bridgehead atoms. The van der Waals surface area contributed by atoms with Gasteiger partial charge in [-0.25, -0.2) is 9.97 Å². The molecule has 2 aromatic rings. The van der Waals surface area contributed by atoms with Crippen molar-refractivity contribution in [1.29, 1.82) is 0 Å². The Hall–Kier alpha value is -1.65. The fourth-order valence-corrected chi connectivity index (χ4v) is 1.76. The molecule has 18 heavy (non-hydrogen) atoms. The van der Waals surface area contributed by atoms with E-state index in [9.17, 15) is 0 Å². The Bertz CT molecular complexity index is 505. The Labute approximate surface area is 111 Å². The predicted octanol–water partition coefficient (Wildman–Crippen LogP) is 2.28. The fraction of sp³-hybridized carbons (Fsp3) is 0.231. The van der Waals surface area contributed by atoms with Crippen molar-refractivity contribution in [2.45, 2.75) is 13.0 Å². The van der Waals surface area contributed by atoms with Gasteiger partial charge >= 0.3 is 0 Å². The zero-order valence-electron chi connectivity index (χ0n) is 9.81. The highest BCUT2D eigenvalue weighted by Gasteiger charge is 2.05. The zero-order valence-corrected chi connectivity index (χ0v) is 10.6. The van der Waals surface area contributed by atoms with E-state index in [-0.39, 0.29) is 11.9 Å². The molecule has 2 rings (SSSR count). The largest absolute Gasteiger partial charge is 0.396 e. The number of anilines is 1. The summed E-state index contributed by atoms with van der Waals surface area (Å²) in [4.78, 5) is 8.06. The summed E-state index contributed by atoms with van der Waals surface area (Å²) < 4.78 is 0. The average Bonchev–Trinajstić information content (AvgIpc) is 2.40. The number of hydrogen-bond donors (Lipinski definition) is 2. The highest BCUT2D eigenvalue weighted by atomic mass is 35.5. The first-order valence-corrected chi connectivity index (χ1v) is 6.07. The van der Waals surface area contributed by atoms with Gasteiger partial charge in [0.15, 0.2) is 0 Å². The second-order valence-corrected chi connectivity index (χ2v) is 4.16. The Balaban J connectivity index is 2.10. The van der Waals surface area contributed by atoms with Crippen LogP contribution in [0.15, 0.2) is 36.5 Å². The average molecular weight is 264 g/mol. The Kier molecular flexibility index (Phi) is 4.50. The summed E-state index contributed by atoms with van der Waals surface area (Å²) >= 11 is 5.77. The molecule has 0 saturated heterocycles. The van der Waals surface area contributed by atoms with Gasteiger partial charge < -0.3 is 10.4 Å². The molecule has 0 aliphatic heterocycles. The van der Waals surface area contributed by atoms with Gasteiger partial charge in [-0.3, -0.25) is 0 Å². The molecular weight excluding hydrogens is 250 g/mol. The lowest BCUT2D eigenvalue weighted by molar-refractivity contribution is 0.299. The van der Waals surface area contributed by atoms with E-state index in [4.69, 9.17) is 16.7 Å². The van der Waals surface area contributed by atoms with Crippen LogP contribution in [0.5, 0.6) is 0 Å². The molecule has 0 aliphatic rings. The maximum atomic E-state index is 8.98. The van der Waals surface area contributed by atoms with Crippen LogP contribution in [0.3, 0.4) is 0 Å². The van der Waals surface area contributed by atoms with Crippen molar-refractivity contribution in [2.75, 3.05) is 11.9 Å². The number of nitrogens with zero attached hydrogens (tertiary/aromatic N) is 2. The first-order valence-electron chi connectivity index (χ1n) is 5.69. The van der Waals surface area contributed by atoms with Crippen LogP contribution in [0.4, 0.5) is 5.82 Å². The Morgan fingerprint density at radius 3 is 2.72 bits per heavy atom. The lowest BCUT2D eigenvalue weighted by Gasteiger charge is -2.10. The van der Waals surface area contributed by atoms with Crippen LogP contribution in [-0.2, 0) is 13.0 Å². The molecule has 0 unspecified atom stereocenters. The number of benzene rings is 1. The summed E-state index contributed by atoms with van der Waals surface area (Å²) in [7, 11) is 0. The van der Waals surface area contributed by atoms with E-state index >= 15 is 0 Å². The summed E-state index contributed by atoms with van der Waals surface area (Å²) in [5.41, 5.74) is 2.01. The smallest absolute Gasteiger partial charge is 0.224 e. The second kappa shape index (κ2) is 6.33. The monoisotopic (exact) mass is 263 g/mol. The summed E-state index contributed by atoms with van der Waals surface area (Å²) in [6.07, 6.45) is 2.15. The maximum Gasteiger partial charge on any atom is 0.224 e. The van der Waals surface area contributed by atoms with Gasteiger partial charge in [0.2, 0.25) is 5.28 Å². The molecule has 0 radical (unpaired) electrons. The van der Waals surface area contributed by atoms with Crippen molar-refractivity contribution in [3.8, 4) is 0 Å². The molecule has 0 saturated carbocycles. The van der Waals surface area contributed by atoms with E-state index in [1.165, 1.54) is 0 Å². The van der Waals surface area contributed by atoms with Crippen molar-refractivity contribution in [2.24, 2.45) is 0 Å². The number of hydrogen-bond acceptors (Lipinski definition) is 4. The van der Waals surface area contributed by atoms with Gasteiger partial charge in [-0.1, -0.05) is 30.3 Å². The number of aliphatic hydroxyl groups is 1. The Morgan fingerprint density at radius 2 is 2.00 bits per heavy atom. The summed E-state index contributed by atoms with van der Waals surface area (Å²) in [5.74, 6) is 0.674. The van der Waals surface area contributed by atoms with Crippen molar-refractivity contribution in [3.63, 3.8) is 0 Å². The molecule has 0 spiro atoms. The van der Waals surface area contributed by atoms with Crippen LogP contribution in [0.1, 0.15) is 11.1 Å². The molecule has 1 aromatic carbocycles. The third-order valence-corrected chi connectivity index (χ3v) is 2.70. The van der Waals surface area contributed by atoms with Crippen LogP contribution in [0.2, 0.25) is 5.28 Å². The normalized spacial score (nSPS) is 10.3. The lowest BCUT2D eigenvalue weighted by atomic mass is 10.2. The minimum Gasteiger partial charge on any atom is -0.396 e. The SMILES string of the molecule is OCCc1cnc(Cl)nc1NCc1ccccc1. The van der Waals surface area contributed by atoms with E-state index in [1.807, 2.05) is 30.3 Å². The van der Waals surface area contributed by atoms with Crippen molar-refractivity contribution >= 4 is 17.4 Å². The fourth-order valence-electron chi connectivity index (χ4n) is 1.62. The third-order valence-electron chi connectivity index (χ3n) is 2.52. The van der Waals surface area contributed by atoms with Crippen LogP contribution in [-0.4, -0.2) is 21.7 Å². The van der Waals surface area contributed by atoms with E-state index in [2.05, 4.69) is 15.3 Å². The molecule has 1 heterocycles. The maximum absolute atomic E-state index is 8.98. The number of nitrogens with one attached hydrogen (secondary N) is 1. The van der Waals surface area contributed by atoms with Crippen LogP contribution in [0.25, 0.3) is 0 Å². The third kappa shape index (κ3) is 3.42. The van der Waals surface area contributed by atoms with E-state index < -0.39 is 0 Å².